The summed E-state index contributed by atoms with van der Waals surface area (Å²) in [7, 11) is 0. The molecule has 0 aliphatic heterocycles. The van der Waals surface area contributed by atoms with Gasteiger partial charge in [0.1, 0.15) is 5.82 Å². The first-order valence-electron chi connectivity index (χ1n) is 7.33. The minimum absolute atomic E-state index is 0.00462. The summed E-state index contributed by atoms with van der Waals surface area (Å²) in [4.78, 5) is 22.2. The highest BCUT2D eigenvalue weighted by molar-refractivity contribution is 5.99. The lowest BCUT2D eigenvalue weighted by atomic mass is 10.1. The number of halogens is 1. The number of nitro groups is 1. The number of rotatable bonds is 6. The predicted octanol–water partition coefficient (Wildman–Crippen LogP) is 2.96. The normalized spacial score (nSPS) is 11.1. The molecule has 1 amide bonds. The number of hydrogen-bond donors (Lipinski definition) is 1. The van der Waals surface area contributed by atoms with Gasteiger partial charge in [0.2, 0.25) is 0 Å². The summed E-state index contributed by atoms with van der Waals surface area (Å²) < 4.78 is 18.1. The van der Waals surface area contributed by atoms with Gasteiger partial charge >= 0.3 is 5.69 Å². The molecule has 2 aromatic rings. The van der Waals surface area contributed by atoms with Gasteiger partial charge in [0.05, 0.1) is 10.6 Å². The van der Waals surface area contributed by atoms with E-state index in [0.29, 0.717) is 16.8 Å². The van der Waals surface area contributed by atoms with Gasteiger partial charge in [-0.15, -0.1) is 0 Å². The zero-order valence-electron chi connectivity index (χ0n) is 13.7. The second-order valence-electron chi connectivity index (χ2n) is 5.26. The summed E-state index contributed by atoms with van der Waals surface area (Å²) in [5, 5.41) is 14.9. The second kappa shape index (κ2) is 8.00. The van der Waals surface area contributed by atoms with Crippen molar-refractivity contribution in [2.75, 3.05) is 6.61 Å². The van der Waals surface area contributed by atoms with E-state index in [2.05, 4.69) is 10.5 Å². The number of nitrogens with zero attached hydrogens (tertiary/aromatic N) is 2. The Morgan fingerprint density at radius 1 is 1.28 bits per heavy atom. The van der Waals surface area contributed by atoms with Crippen LogP contribution >= 0.6 is 0 Å². The molecule has 2 rings (SSSR count). The molecule has 0 atom stereocenters. The van der Waals surface area contributed by atoms with Gasteiger partial charge in [-0.3, -0.25) is 14.9 Å². The molecule has 0 heterocycles. The summed E-state index contributed by atoms with van der Waals surface area (Å²) in [6.45, 7) is 2.94. The SMILES string of the molecule is C/C(=N/NC(=O)COc1ccc(C)cc1[N+](=O)[O-])c1ccc(F)cc1. The Hall–Kier alpha value is -3.29. The number of amides is 1. The first-order valence-corrected chi connectivity index (χ1v) is 7.33. The lowest BCUT2D eigenvalue weighted by molar-refractivity contribution is -0.385. The van der Waals surface area contributed by atoms with E-state index in [9.17, 15) is 19.3 Å². The van der Waals surface area contributed by atoms with Crippen LogP contribution in [0.4, 0.5) is 10.1 Å². The van der Waals surface area contributed by atoms with Crippen molar-refractivity contribution < 1.29 is 18.8 Å². The Kier molecular flexibility index (Phi) is 5.78. The van der Waals surface area contributed by atoms with Gasteiger partial charge in [0, 0.05) is 6.07 Å². The van der Waals surface area contributed by atoms with Crippen LogP contribution in [0, 0.1) is 22.9 Å². The number of benzene rings is 2. The van der Waals surface area contributed by atoms with Crippen molar-refractivity contribution in [2.45, 2.75) is 13.8 Å². The fraction of sp³-hybridized carbons (Fsp3) is 0.176. The summed E-state index contributed by atoms with van der Waals surface area (Å²) >= 11 is 0. The molecule has 2 aromatic carbocycles. The maximum atomic E-state index is 12.9. The van der Waals surface area contributed by atoms with Gasteiger partial charge in [-0.2, -0.15) is 5.10 Å². The zero-order chi connectivity index (χ0) is 18.4. The van der Waals surface area contributed by atoms with Crippen molar-refractivity contribution in [3.63, 3.8) is 0 Å². The third kappa shape index (κ3) is 5.10. The predicted molar refractivity (Wildman–Crippen MR) is 90.1 cm³/mol. The molecule has 0 aromatic heterocycles. The van der Waals surface area contributed by atoms with E-state index in [1.54, 1.807) is 19.9 Å². The fourth-order valence-electron chi connectivity index (χ4n) is 1.97. The second-order valence-corrected chi connectivity index (χ2v) is 5.26. The summed E-state index contributed by atoms with van der Waals surface area (Å²) in [5.41, 5.74) is 3.92. The Balaban J connectivity index is 1.96. The van der Waals surface area contributed by atoms with Crippen LogP contribution in [-0.2, 0) is 4.79 Å². The monoisotopic (exact) mass is 345 g/mol. The summed E-state index contributed by atoms with van der Waals surface area (Å²) in [5.74, 6) is -0.935. The molecule has 8 heteroatoms. The van der Waals surface area contributed by atoms with Crippen LogP contribution in [0.5, 0.6) is 5.75 Å². The van der Waals surface area contributed by atoms with Crippen LogP contribution in [0.2, 0.25) is 0 Å². The largest absolute Gasteiger partial charge is 0.477 e. The van der Waals surface area contributed by atoms with Crippen molar-refractivity contribution in [1.29, 1.82) is 0 Å². The molecule has 0 fully saturated rings. The minimum Gasteiger partial charge on any atom is -0.477 e. The van der Waals surface area contributed by atoms with Crippen LogP contribution < -0.4 is 10.2 Å². The number of ether oxygens (including phenoxy) is 1. The van der Waals surface area contributed by atoms with Gasteiger partial charge in [-0.1, -0.05) is 18.2 Å². The number of nitrogens with one attached hydrogen (secondary N) is 1. The quantitative estimate of drug-likeness (QED) is 0.495. The maximum absolute atomic E-state index is 12.9. The van der Waals surface area contributed by atoms with E-state index in [1.165, 1.54) is 36.4 Å². The molecule has 0 aliphatic rings. The third-order valence-corrected chi connectivity index (χ3v) is 3.28. The average molecular weight is 345 g/mol. The lowest BCUT2D eigenvalue weighted by Gasteiger charge is -2.07. The molecule has 0 aliphatic carbocycles. The van der Waals surface area contributed by atoms with Gasteiger partial charge in [-0.05, 0) is 43.2 Å². The average Bonchev–Trinajstić information content (AvgIpc) is 2.59. The molecule has 0 radical (unpaired) electrons. The molecular formula is C17H16FN3O4. The Bertz CT molecular complexity index is 819. The van der Waals surface area contributed by atoms with Crippen LogP contribution in [0.25, 0.3) is 0 Å². The highest BCUT2D eigenvalue weighted by Crippen LogP contribution is 2.27. The van der Waals surface area contributed by atoms with Gasteiger partial charge in [0.25, 0.3) is 5.91 Å². The Morgan fingerprint density at radius 2 is 1.96 bits per heavy atom. The first kappa shape index (κ1) is 18.1. The Morgan fingerprint density at radius 3 is 2.60 bits per heavy atom. The number of hydrogen-bond acceptors (Lipinski definition) is 5. The number of nitro benzene ring substituents is 1. The van der Waals surface area contributed by atoms with Crippen molar-refractivity contribution >= 4 is 17.3 Å². The zero-order valence-corrected chi connectivity index (χ0v) is 13.7. The molecular weight excluding hydrogens is 329 g/mol. The minimum atomic E-state index is -0.573. The van der Waals surface area contributed by atoms with Gasteiger partial charge in [0.15, 0.2) is 12.4 Å². The Labute approximate surface area is 143 Å². The molecule has 25 heavy (non-hydrogen) atoms. The van der Waals surface area contributed by atoms with E-state index in [0.717, 1.165) is 0 Å². The molecule has 0 unspecified atom stereocenters. The van der Waals surface area contributed by atoms with Gasteiger partial charge < -0.3 is 4.74 Å². The number of carbonyl (C=O) groups excluding carboxylic acids is 1. The topological polar surface area (TPSA) is 93.8 Å². The molecule has 130 valence electrons. The standard InChI is InChI=1S/C17H16FN3O4/c1-11-3-8-16(15(9-11)21(23)24)25-10-17(22)20-19-12(2)13-4-6-14(18)7-5-13/h3-9H,10H2,1-2H3,(H,20,22)/b19-12-. The maximum Gasteiger partial charge on any atom is 0.311 e. The van der Waals surface area contributed by atoms with Crippen LogP contribution in [0.15, 0.2) is 47.6 Å². The van der Waals surface area contributed by atoms with Crippen LogP contribution in [0.1, 0.15) is 18.1 Å². The molecule has 0 bridgehead atoms. The van der Waals surface area contributed by atoms with E-state index in [1.807, 2.05) is 0 Å². The molecule has 0 spiro atoms. The third-order valence-electron chi connectivity index (χ3n) is 3.28. The van der Waals surface area contributed by atoms with Crippen molar-refractivity contribution in [3.05, 3.63) is 69.5 Å². The van der Waals surface area contributed by atoms with Gasteiger partial charge in [-0.25, -0.2) is 9.82 Å². The van der Waals surface area contributed by atoms with Crippen LogP contribution in [0.3, 0.4) is 0 Å². The van der Waals surface area contributed by atoms with E-state index in [4.69, 9.17) is 4.74 Å². The van der Waals surface area contributed by atoms with Crippen molar-refractivity contribution in [3.8, 4) is 5.75 Å². The van der Waals surface area contributed by atoms with Crippen LogP contribution in [-0.4, -0.2) is 23.1 Å². The van der Waals surface area contributed by atoms with E-state index in [-0.39, 0.29) is 17.3 Å². The molecule has 0 saturated carbocycles. The smallest absolute Gasteiger partial charge is 0.311 e. The van der Waals surface area contributed by atoms with Crippen molar-refractivity contribution in [2.24, 2.45) is 5.10 Å². The number of carbonyl (C=O) groups is 1. The molecule has 7 nitrogen and oxygen atoms in total. The fourth-order valence-corrected chi connectivity index (χ4v) is 1.97. The lowest BCUT2D eigenvalue weighted by Crippen LogP contribution is -2.25. The first-order chi connectivity index (χ1) is 11.9. The highest BCUT2D eigenvalue weighted by atomic mass is 19.1. The number of hydrazone groups is 1. The highest BCUT2D eigenvalue weighted by Gasteiger charge is 2.16. The summed E-state index contributed by atoms with van der Waals surface area (Å²) in [6.07, 6.45) is 0. The molecule has 0 saturated heterocycles. The van der Waals surface area contributed by atoms with E-state index >= 15 is 0 Å². The van der Waals surface area contributed by atoms with Crippen molar-refractivity contribution in [1.82, 2.24) is 5.43 Å². The number of aryl methyl sites for hydroxylation is 1. The van der Waals surface area contributed by atoms with E-state index < -0.39 is 17.4 Å². The molecule has 1 N–H and O–H groups in total. The summed E-state index contributed by atoms with van der Waals surface area (Å²) in [6, 6.07) is 10.1.